The summed E-state index contributed by atoms with van der Waals surface area (Å²) in [6.45, 7) is 8.04. The number of para-hydroxylation sites is 1. The quantitative estimate of drug-likeness (QED) is 0.519. The number of rotatable bonds is 7. The Balaban J connectivity index is 1.56. The van der Waals surface area contributed by atoms with Gasteiger partial charge in [0.2, 0.25) is 0 Å². The molecule has 160 valence electrons. The number of hydrogen-bond donors (Lipinski definition) is 2. The Hall–Kier alpha value is -3.60. The van der Waals surface area contributed by atoms with E-state index in [1.165, 1.54) is 0 Å². The Morgan fingerprint density at radius 1 is 0.839 bits per heavy atom. The largest absolute Gasteiger partial charge is 0.484 e. The molecule has 0 bridgehead atoms. The summed E-state index contributed by atoms with van der Waals surface area (Å²) >= 11 is 0. The number of ether oxygens (including phenoxy) is 1. The van der Waals surface area contributed by atoms with Gasteiger partial charge in [0.15, 0.2) is 6.61 Å². The van der Waals surface area contributed by atoms with E-state index in [9.17, 15) is 9.59 Å². The van der Waals surface area contributed by atoms with Crippen LogP contribution in [0.1, 0.15) is 46.8 Å². The smallest absolute Gasteiger partial charge is 0.262 e. The van der Waals surface area contributed by atoms with Crippen molar-refractivity contribution in [3.63, 3.8) is 0 Å². The summed E-state index contributed by atoms with van der Waals surface area (Å²) in [6.07, 6.45) is 0. The molecule has 3 aromatic carbocycles. The minimum Gasteiger partial charge on any atom is -0.484 e. The van der Waals surface area contributed by atoms with Crippen LogP contribution in [-0.4, -0.2) is 18.4 Å². The molecule has 3 rings (SSSR count). The van der Waals surface area contributed by atoms with Crippen molar-refractivity contribution in [3.05, 3.63) is 89.0 Å². The van der Waals surface area contributed by atoms with Crippen LogP contribution in [0.25, 0.3) is 0 Å². The Labute approximate surface area is 183 Å². The lowest BCUT2D eigenvalue weighted by atomic mass is 10.0. The van der Waals surface area contributed by atoms with Crippen molar-refractivity contribution in [2.45, 2.75) is 33.6 Å². The topological polar surface area (TPSA) is 67.4 Å². The molecule has 2 amide bonds. The minimum atomic E-state index is -0.232. The number of aryl methyl sites for hydroxylation is 1. The van der Waals surface area contributed by atoms with Gasteiger partial charge in [-0.3, -0.25) is 9.59 Å². The second-order valence-corrected chi connectivity index (χ2v) is 7.80. The van der Waals surface area contributed by atoms with Gasteiger partial charge in [-0.25, -0.2) is 0 Å². The third kappa shape index (κ3) is 5.72. The van der Waals surface area contributed by atoms with Crippen molar-refractivity contribution in [2.75, 3.05) is 17.2 Å². The fourth-order valence-corrected chi connectivity index (χ4v) is 3.23. The maximum atomic E-state index is 12.5. The molecule has 0 heterocycles. The summed E-state index contributed by atoms with van der Waals surface area (Å²) < 4.78 is 5.58. The first-order valence-electron chi connectivity index (χ1n) is 10.3. The lowest BCUT2D eigenvalue weighted by Gasteiger charge is -2.14. The molecule has 5 heteroatoms. The summed E-state index contributed by atoms with van der Waals surface area (Å²) in [5, 5.41) is 5.84. The van der Waals surface area contributed by atoms with Gasteiger partial charge < -0.3 is 15.4 Å². The summed E-state index contributed by atoms with van der Waals surface area (Å²) in [5.74, 6) is 0.406. The molecule has 0 unspecified atom stereocenters. The highest BCUT2D eigenvalue weighted by molar-refractivity contribution is 6.04. The number of nitrogens with one attached hydrogen (secondary N) is 2. The zero-order chi connectivity index (χ0) is 22.4. The fraction of sp³-hybridized carbons (Fsp3) is 0.231. The second-order valence-electron chi connectivity index (χ2n) is 7.80. The predicted octanol–water partition coefficient (Wildman–Crippen LogP) is 5.70. The van der Waals surface area contributed by atoms with Gasteiger partial charge in [0.05, 0.1) is 0 Å². The lowest BCUT2D eigenvalue weighted by Crippen LogP contribution is -2.21. The molecule has 0 aliphatic heterocycles. The number of carbonyl (C=O) groups excluding carboxylic acids is 2. The molecule has 0 atom stereocenters. The molecule has 3 aromatic rings. The monoisotopic (exact) mass is 416 g/mol. The highest BCUT2D eigenvalue weighted by atomic mass is 16.5. The normalized spacial score (nSPS) is 10.6. The number of anilines is 2. The maximum absolute atomic E-state index is 12.5. The highest BCUT2D eigenvalue weighted by Crippen LogP contribution is 2.24. The van der Waals surface area contributed by atoms with E-state index >= 15 is 0 Å². The van der Waals surface area contributed by atoms with Crippen molar-refractivity contribution in [1.82, 2.24) is 0 Å². The van der Waals surface area contributed by atoms with E-state index in [0.717, 1.165) is 28.1 Å². The zero-order valence-corrected chi connectivity index (χ0v) is 18.4. The van der Waals surface area contributed by atoms with Crippen molar-refractivity contribution in [1.29, 1.82) is 0 Å². The third-order valence-corrected chi connectivity index (χ3v) is 5.20. The Morgan fingerprint density at radius 3 is 2.23 bits per heavy atom. The van der Waals surface area contributed by atoms with Gasteiger partial charge in [-0.15, -0.1) is 0 Å². The van der Waals surface area contributed by atoms with Crippen LogP contribution in [0.3, 0.4) is 0 Å². The number of amides is 2. The first-order valence-corrected chi connectivity index (χ1v) is 10.3. The third-order valence-electron chi connectivity index (χ3n) is 5.20. The van der Waals surface area contributed by atoms with E-state index in [1.807, 2.05) is 56.3 Å². The second kappa shape index (κ2) is 9.94. The van der Waals surface area contributed by atoms with Gasteiger partial charge in [-0.1, -0.05) is 44.2 Å². The van der Waals surface area contributed by atoms with E-state index in [1.54, 1.807) is 24.3 Å². The van der Waals surface area contributed by atoms with E-state index in [4.69, 9.17) is 4.74 Å². The predicted molar refractivity (Wildman–Crippen MR) is 125 cm³/mol. The van der Waals surface area contributed by atoms with Gasteiger partial charge in [-0.2, -0.15) is 0 Å². The fourth-order valence-electron chi connectivity index (χ4n) is 3.23. The molecular weight excluding hydrogens is 388 g/mol. The molecule has 0 saturated carbocycles. The van der Waals surface area contributed by atoms with Gasteiger partial charge in [-0.05, 0) is 72.9 Å². The first kappa shape index (κ1) is 22.1. The summed E-state index contributed by atoms with van der Waals surface area (Å²) in [7, 11) is 0. The van der Waals surface area contributed by atoms with E-state index in [2.05, 4.69) is 24.5 Å². The van der Waals surface area contributed by atoms with Gasteiger partial charge in [0.1, 0.15) is 5.75 Å². The summed E-state index contributed by atoms with van der Waals surface area (Å²) in [4.78, 5) is 24.8. The minimum absolute atomic E-state index is 0.111. The van der Waals surface area contributed by atoms with Crippen LogP contribution in [0, 0.1) is 13.8 Å². The molecule has 0 aromatic heterocycles. The molecule has 0 aliphatic carbocycles. The van der Waals surface area contributed by atoms with Gasteiger partial charge >= 0.3 is 0 Å². The van der Waals surface area contributed by atoms with Crippen LogP contribution >= 0.6 is 0 Å². The van der Waals surface area contributed by atoms with E-state index in [0.29, 0.717) is 17.2 Å². The van der Waals surface area contributed by atoms with Crippen molar-refractivity contribution < 1.29 is 14.3 Å². The van der Waals surface area contributed by atoms with Crippen LogP contribution < -0.4 is 15.4 Å². The van der Waals surface area contributed by atoms with Crippen LogP contribution in [0.2, 0.25) is 0 Å². The van der Waals surface area contributed by atoms with Crippen molar-refractivity contribution in [3.8, 4) is 5.75 Å². The van der Waals surface area contributed by atoms with Crippen molar-refractivity contribution in [2.24, 2.45) is 0 Å². The lowest BCUT2D eigenvalue weighted by molar-refractivity contribution is -0.118. The Bertz CT molecular complexity index is 1070. The van der Waals surface area contributed by atoms with E-state index in [-0.39, 0.29) is 18.4 Å². The zero-order valence-electron chi connectivity index (χ0n) is 18.4. The molecule has 0 fully saturated rings. The van der Waals surface area contributed by atoms with Gasteiger partial charge in [0.25, 0.3) is 11.8 Å². The molecular formula is C26H28N2O3. The average molecular weight is 417 g/mol. The Morgan fingerprint density at radius 2 is 1.52 bits per heavy atom. The van der Waals surface area contributed by atoms with E-state index < -0.39 is 0 Å². The number of benzene rings is 3. The Kier molecular flexibility index (Phi) is 7.08. The molecule has 31 heavy (non-hydrogen) atoms. The maximum Gasteiger partial charge on any atom is 0.262 e. The SMILES string of the molecule is Cc1cccc(NC(=O)c2ccc(OCC(=O)Nc3ccccc3C(C)C)cc2)c1C. The molecule has 0 aliphatic rings. The molecule has 2 N–H and O–H groups in total. The average Bonchev–Trinajstić information content (AvgIpc) is 2.76. The standard InChI is InChI=1S/C26H28N2O3/c1-17(2)22-9-5-6-10-24(22)27-25(29)16-31-21-14-12-20(13-15-21)26(30)28-23-11-7-8-18(3)19(23)4/h5-15,17H,16H2,1-4H3,(H,27,29)(H,28,30). The molecule has 0 saturated heterocycles. The van der Waals surface area contributed by atoms with Crippen LogP contribution in [0.15, 0.2) is 66.7 Å². The molecule has 0 spiro atoms. The molecule has 5 nitrogen and oxygen atoms in total. The first-order chi connectivity index (χ1) is 14.8. The molecule has 0 radical (unpaired) electrons. The number of hydrogen-bond acceptors (Lipinski definition) is 3. The van der Waals surface area contributed by atoms with Gasteiger partial charge in [0, 0.05) is 16.9 Å². The van der Waals surface area contributed by atoms with Crippen LogP contribution in [0.4, 0.5) is 11.4 Å². The summed E-state index contributed by atoms with van der Waals surface area (Å²) in [5.41, 5.74) is 5.35. The van der Waals surface area contributed by atoms with Crippen LogP contribution in [0.5, 0.6) is 5.75 Å². The number of carbonyl (C=O) groups is 2. The summed E-state index contributed by atoms with van der Waals surface area (Å²) in [6, 6.07) is 20.3. The van der Waals surface area contributed by atoms with Crippen molar-refractivity contribution >= 4 is 23.2 Å². The highest BCUT2D eigenvalue weighted by Gasteiger charge is 2.11. The van der Waals surface area contributed by atoms with Crippen LogP contribution in [-0.2, 0) is 4.79 Å².